The summed E-state index contributed by atoms with van der Waals surface area (Å²) in [6.07, 6.45) is 0. The SMILES string of the molecule is CC(=O)C(C)C.CC(=O)N(C)C.CC(C)=C(C)O.CC(O)=[N+](C)C. The van der Waals surface area contributed by atoms with E-state index in [9.17, 15) is 9.59 Å². The minimum absolute atomic E-state index is 0.0926. The first kappa shape index (κ1) is 30.1. The standard InChI is InChI=1S/2C5H10O.2C4H9NO/c2*1-4(2)5(3)6;2*1-4(6)5(2)3/h6H,1-3H3;4H,1-3H3;2*1-3H3/p+1. The minimum Gasteiger partial charge on any atom is -0.513 e. The molecule has 0 aromatic carbocycles. The van der Waals surface area contributed by atoms with Gasteiger partial charge in [-0.3, -0.25) is 9.59 Å². The summed E-state index contributed by atoms with van der Waals surface area (Å²) in [6.45, 7) is 14.0. The summed E-state index contributed by atoms with van der Waals surface area (Å²) in [7, 11) is 7.02. The molecule has 0 spiro atoms. The van der Waals surface area contributed by atoms with Crippen molar-refractivity contribution in [3.63, 3.8) is 0 Å². The average Bonchev–Trinajstić information content (AvgIpc) is 2.40. The molecular formula is C18H39N2O4+. The van der Waals surface area contributed by atoms with Crippen LogP contribution in [0.4, 0.5) is 0 Å². The molecule has 0 fully saturated rings. The van der Waals surface area contributed by atoms with Gasteiger partial charge in [0, 0.05) is 26.9 Å². The van der Waals surface area contributed by atoms with Crippen LogP contribution >= 0.6 is 0 Å². The van der Waals surface area contributed by atoms with Crippen LogP contribution in [0.1, 0.15) is 55.4 Å². The highest BCUT2D eigenvalue weighted by Crippen LogP contribution is 1.93. The maximum absolute atomic E-state index is 10.1. The van der Waals surface area contributed by atoms with Crippen LogP contribution in [0, 0.1) is 5.92 Å². The lowest BCUT2D eigenvalue weighted by molar-refractivity contribution is -0.473. The number of carbonyl (C=O) groups excluding carboxylic acids is 2. The van der Waals surface area contributed by atoms with E-state index in [0.717, 1.165) is 5.57 Å². The van der Waals surface area contributed by atoms with E-state index in [4.69, 9.17) is 10.2 Å². The maximum atomic E-state index is 10.1. The maximum Gasteiger partial charge on any atom is 0.330 e. The van der Waals surface area contributed by atoms with E-state index in [-0.39, 0.29) is 17.6 Å². The number of allylic oxidation sites excluding steroid dienone is 2. The molecule has 0 saturated heterocycles. The molecule has 0 unspecified atom stereocenters. The molecule has 0 aromatic rings. The molecule has 0 bridgehead atoms. The average molecular weight is 348 g/mol. The van der Waals surface area contributed by atoms with E-state index in [0.29, 0.717) is 11.7 Å². The molecule has 6 heteroatoms. The van der Waals surface area contributed by atoms with Crippen LogP contribution in [0.25, 0.3) is 0 Å². The Morgan fingerprint density at radius 1 is 0.875 bits per heavy atom. The summed E-state index contributed by atoms with van der Waals surface area (Å²) >= 11 is 0. The second kappa shape index (κ2) is 17.5. The zero-order valence-corrected chi connectivity index (χ0v) is 17.7. The molecule has 0 radical (unpaired) electrons. The smallest absolute Gasteiger partial charge is 0.330 e. The zero-order valence-electron chi connectivity index (χ0n) is 17.7. The number of aliphatic hydroxyl groups is 2. The molecule has 0 aliphatic rings. The van der Waals surface area contributed by atoms with Gasteiger partial charge in [0.05, 0.1) is 12.7 Å². The molecule has 0 aliphatic carbocycles. The molecule has 0 rings (SSSR count). The number of hydrogen-bond donors (Lipinski definition) is 2. The number of rotatable bonds is 1. The second-order valence-electron chi connectivity index (χ2n) is 6.21. The third kappa shape index (κ3) is 36.9. The summed E-state index contributed by atoms with van der Waals surface area (Å²) in [4.78, 5) is 21.7. The number of ketones is 1. The molecule has 2 N–H and O–H groups in total. The predicted molar refractivity (Wildman–Crippen MR) is 102 cm³/mol. The van der Waals surface area contributed by atoms with Gasteiger partial charge in [0.1, 0.15) is 19.9 Å². The van der Waals surface area contributed by atoms with Gasteiger partial charge < -0.3 is 15.1 Å². The highest BCUT2D eigenvalue weighted by atomic mass is 16.3. The molecular weight excluding hydrogens is 308 g/mol. The zero-order chi connectivity index (χ0) is 20.6. The number of aliphatic hydroxyl groups excluding tert-OH is 2. The molecule has 0 aliphatic heterocycles. The van der Waals surface area contributed by atoms with Crippen molar-refractivity contribution >= 4 is 17.6 Å². The molecule has 6 nitrogen and oxygen atoms in total. The van der Waals surface area contributed by atoms with Crippen molar-refractivity contribution in [3.05, 3.63) is 11.3 Å². The fourth-order valence-electron chi connectivity index (χ4n) is 0. The highest BCUT2D eigenvalue weighted by molar-refractivity contribution is 5.77. The number of amides is 1. The minimum atomic E-state index is 0.0926. The van der Waals surface area contributed by atoms with Crippen molar-refractivity contribution in [1.82, 2.24) is 4.90 Å². The quantitative estimate of drug-likeness (QED) is 0.330. The third-order valence-corrected chi connectivity index (χ3v) is 2.81. The number of carbonyl (C=O) groups is 2. The lowest BCUT2D eigenvalue weighted by Gasteiger charge is -2.02. The van der Waals surface area contributed by atoms with Gasteiger partial charge in [-0.1, -0.05) is 13.8 Å². The summed E-state index contributed by atoms with van der Waals surface area (Å²) in [5.41, 5.74) is 0.981. The van der Waals surface area contributed by atoms with Gasteiger partial charge in [0.15, 0.2) is 0 Å². The van der Waals surface area contributed by atoms with Crippen molar-refractivity contribution in [1.29, 1.82) is 0 Å². The van der Waals surface area contributed by atoms with Crippen molar-refractivity contribution in [2.45, 2.75) is 55.4 Å². The first-order valence-corrected chi connectivity index (χ1v) is 7.78. The molecule has 0 aromatic heterocycles. The van der Waals surface area contributed by atoms with Gasteiger partial charge in [0.2, 0.25) is 5.91 Å². The number of Topliss-reactive ketones (excluding diaryl/α,β-unsaturated/α-hetero) is 1. The van der Waals surface area contributed by atoms with E-state index < -0.39 is 0 Å². The Morgan fingerprint density at radius 2 is 1.04 bits per heavy atom. The van der Waals surface area contributed by atoms with Crippen molar-refractivity contribution in [3.8, 4) is 0 Å². The van der Waals surface area contributed by atoms with Crippen LogP contribution in [0.2, 0.25) is 0 Å². The largest absolute Gasteiger partial charge is 0.513 e. The molecule has 0 saturated carbocycles. The summed E-state index contributed by atoms with van der Waals surface area (Å²) in [5.74, 6) is 1.33. The van der Waals surface area contributed by atoms with Crippen LogP contribution < -0.4 is 0 Å². The van der Waals surface area contributed by atoms with Crippen LogP contribution in [-0.2, 0) is 9.59 Å². The van der Waals surface area contributed by atoms with Crippen LogP contribution in [0.15, 0.2) is 11.3 Å². The van der Waals surface area contributed by atoms with Gasteiger partial charge in [-0.15, -0.1) is 0 Å². The lowest BCUT2D eigenvalue weighted by Crippen LogP contribution is -2.17. The Balaban J connectivity index is -0.000000111. The Morgan fingerprint density at radius 3 is 1.04 bits per heavy atom. The molecule has 0 heterocycles. The third-order valence-electron chi connectivity index (χ3n) is 2.81. The molecule has 1 amide bonds. The van der Waals surface area contributed by atoms with Gasteiger partial charge in [-0.05, 0) is 33.3 Å². The van der Waals surface area contributed by atoms with Crippen molar-refractivity contribution in [2.24, 2.45) is 5.92 Å². The fraction of sp³-hybridized carbons (Fsp3) is 0.722. The summed E-state index contributed by atoms with van der Waals surface area (Å²) in [5, 5.41) is 17.0. The van der Waals surface area contributed by atoms with E-state index in [1.165, 1.54) is 11.8 Å². The first-order chi connectivity index (χ1) is 10.6. The Kier molecular flexibility index (Phi) is 21.9. The van der Waals surface area contributed by atoms with Crippen LogP contribution in [0.5, 0.6) is 0 Å². The molecule has 144 valence electrons. The van der Waals surface area contributed by atoms with E-state index in [1.54, 1.807) is 53.5 Å². The lowest BCUT2D eigenvalue weighted by atomic mass is 10.1. The van der Waals surface area contributed by atoms with Gasteiger partial charge in [-0.2, -0.15) is 0 Å². The number of hydrogen-bond acceptors (Lipinski definition) is 3. The molecule has 24 heavy (non-hydrogen) atoms. The van der Waals surface area contributed by atoms with Crippen molar-refractivity contribution in [2.75, 3.05) is 28.2 Å². The van der Waals surface area contributed by atoms with Crippen LogP contribution in [0.3, 0.4) is 0 Å². The topological polar surface area (TPSA) is 80.9 Å². The van der Waals surface area contributed by atoms with E-state index >= 15 is 0 Å². The highest BCUT2D eigenvalue weighted by Gasteiger charge is 1.95. The van der Waals surface area contributed by atoms with Gasteiger partial charge in [0.25, 0.3) is 0 Å². The van der Waals surface area contributed by atoms with Gasteiger partial charge >= 0.3 is 5.90 Å². The summed E-state index contributed by atoms with van der Waals surface area (Å²) < 4.78 is 1.64. The number of nitrogens with zero attached hydrogens (tertiary/aromatic N) is 2. The van der Waals surface area contributed by atoms with E-state index in [2.05, 4.69) is 0 Å². The van der Waals surface area contributed by atoms with Crippen LogP contribution in [-0.4, -0.2) is 65.5 Å². The predicted octanol–water partition coefficient (Wildman–Crippen LogP) is 3.42. The second-order valence-corrected chi connectivity index (χ2v) is 6.21. The normalized spacial score (nSPS) is 8.21. The monoisotopic (exact) mass is 347 g/mol. The Labute approximate surface area is 148 Å². The van der Waals surface area contributed by atoms with Crippen molar-refractivity contribution < 1.29 is 24.4 Å². The Hall–Kier alpha value is -1.85. The fourth-order valence-corrected chi connectivity index (χ4v) is 0. The van der Waals surface area contributed by atoms with E-state index in [1.807, 2.05) is 27.7 Å². The van der Waals surface area contributed by atoms with Gasteiger partial charge in [-0.25, -0.2) is 4.58 Å². The first-order valence-electron chi connectivity index (χ1n) is 7.78. The molecule has 0 atom stereocenters. The summed E-state index contributed by atoms with van der Waals surface area (Å²) in [6, 6.07) is 0. The Bertz CT molecular complexity index is 347.